The second-order valence-electron chi connectivity index (χ2n) is 4.78. The molecule has 1 fully saturated rings. The molecule has 0 atom stereocenters. The summed E-state index contributed by atoms with van der Waals surface area (Å²) >= 11 is 1.83. The molecule has 0 aliphatic heterocycles. The van der Waals surface area contributed by atoms with E-state index in [9.17, 15) is 5.11 Å². The molecular weight excluding hydrogens is 224 g/mol. The average Bonchev–Trinajstić information content (AvgIpc) is 2.61. The van der Waals surface area contributed by atoms with Crippen molar-refractivity contribution in [2.75, 3.05) is 5.75 Å². The van der Waals surface area contributed by atoms with Gasteiger partial charge in [-0.1, -0.05) is 19.0 Å². The normalized spacial score (nSPS) is 24.8. The van der Waals surface area contributed by atoms with Gasteiger partial charge in [0.1, 0.15) is 0 Å². The molecule has 5 heteroatoms. The quantitative estimate of drug-likeness (QED) is 0.857. The number of hydrogen-bond acceptors (Lipinski definition) is 5. The van der Waals surface area contributed by atoms with Crippen molar-refractivity contribution in [2.24, 2.45) is 5.92 Å². The van der Waals surface area contributed by atoms with Gasteiger partial charge in [-0.3, -0.25) is 0 Å². The molecular formula is C11H18N2O2S. The molecule has 4 nitrogen and oxygen atoms in total. The molecule has 0 radical (unpaired) electrons. The summed E-state index contributed by atoms with van der Waals surface area (Å²) in [5, 5.41) is 13.1. The van der Waals surface area contributed by atoms with E-state index in [1.165, 1.54) is 0 Å². The molecule has 1 aliphatic rings. The van der Waals surface area contributed by atoms with Gasteiger partial charge in [-0.15, -0.1) is 0 Å². The van der Waals surface area contributed by atoms with E-state index in [4.69, 9.17) is 4.52 Å². The number of aliphatic hydroxyl groups is 1. The molecule has 0 amide bonds. The summed E-state index contributed by atoms with van der Waals surface area (Å²) in [6, 6.07) is 0. The first-order chi connectivity index (χ1) is 7.65. The van der Waals surface area contributed by atoms with Crippen LogP contribution in [-0.4, -0.2) is 27.1 Å². The largest absolute Gasteiger partial charge is 0.393 e. The van der Waals surface area contributed by atoms with Gasteiger partial charge in [-0.25, -0.2) is 0 Å². The van der Waals surface area contributed by atoms with E-state index in [2.05, 4.69) is 24.0 Å². The van der Waals surface area contributed by atoms with Gasteiger partial charge in [0, 0.05) is 5.92 Å². The fraction of sp³-hybridized carbons (Fsp3) is 0.818. The summed E-state index contributed by atoms with van der Waals surface area (Å²) in [6.07, 6.45) is 1.36. The highest BCUT2D eigenvalue weighted by Crippen LogP contribution is 2.35. The van der Waals surface area contributed by atoms with Crippen molar-refractivity contribution in [1.29, 1.82) is 0 Å². The van der Waals surface area contributed by atoms with Gasteiger partial charge < -0.3 is 9.63 Å². The highest BCUT2D eigenvalue weighted by molar-refractivity contribution is 7.98. The van der Waals surface area contributed by atoms with E-state index >= 15 is 0 Å². The van der Waals surface area contributed by atoms with Crippen LogP contribution in [0.4, 0.5) is 0 Å². The lowest BCUT2D eigenvalue weighted by Crippen LogP contribution is -2.26. The van der Waals surface area contributed by atoms with Crippen molar-refractivity contribution in [3.05, 3.63) is 11.7 Å². The van der Waals surface area contributed by atoms with Crippen LogP contribution in [0, 0.1) is 5.92 Å². The number of nitrogens with zero attached hydrogens (tertiary/aromatic N) is 2. The van der Waals surface area contributed by atoms with Gasteiger partial charge in [-0.2, -0.15) is 16.7 Å². The average molecular weight is 242 g/mol. The van der Waals surface area contributed by atoms with Crippen LogP contribution in [0.2, 0.25) is 0 Å². The predicted octanol–water partition coefficient (Wildman–Crippen LogP) is 2.20. The molecule has 90 valence electrons. The van der Waals surface area contributed by atoms with Crippen molar-refractivity contribution in [2.45, 2.75) is 44.5 Å². The first-order valence-electron chi connectivity index (χ1n) is 5.73. The molecule has 1 aromatic rings. The Hall–Kier alpha value is -0.550. The summed E-state index contributed by atoms with van der Waals surface area (Å²) in [7, 11) is 0. The smallest absolute Gasteiger partial charge is 0.229 e. The summed E-state index contributed by atoms with van der Waals surface area (Å²) in [5.41, 5.74) is 0. The zero-order chi connectivity index (χ0) is 11.5. The van der Waals surface area contributed by atoms with Crippen molar-refractivity contribution in [3.8, 4) is 0 Å². The molecule has 2 rings (SSSR count). The fourth-order valence-corrected chi connectivity index (χ4v) is 2.56. The van der Waals surface area contributed by atoms with E-state index in [0.29, 0.717) is 11.8 Å². The van der Waals surface area contributed by atoms with Crippen LogP contribution in [-0.2, 0) is 5.75 Å². The van der Waals surface area contributed by atoms with Crippen molar-refractivity contribution >= 4 is 11.8 Å². The lowest BCUT2D eigenvalue weighted by molar-refractivity contribution is 0.0625. The molecule has 1 saturated carbocycles. The first-order valence-corrected chi connectivity index (χ1v) is 6.89. The lowest BCUT2D eigenvalue weighted by atomic mass is 9.82. The van der Waals surface area contributed by atoms with Crippen LogP contribution in [0.3, 0.4) is 0 Å². The lowest BCUT2D eigenvalue weighted by Gasteiger charge is -2.27. The topological polar surface area (TPSA) is 59.2 Å². The number of thioether (sulfide) groups is 1. The minimum absolute atomic E-state index is 0.171. The highest BCUT2D eigenvalue weighted by Gasteiger charge is 2.32. The first kappa shape index (κ1) is 11.9. The van der Waals surface area contributed by atoms with Crippen LogP contribution in [0.1, 0.15) is 44.3 Å². The van der Waals surface area contributed by atoms with Crippen molar-refractivity contribution < 1.29 is 9.63 Å². The molecule has 0 saturated heterocycles. The third kappa shape index (κ3) is 2.98. The van der Waals surface area contributed by atoms with Gasteiger partial charge in [0.05, 0.1) is 11.9 Å². The fourth-order valence-electron chi connectivity index (χ4n) is 1.67. The van der Waals surface area contributed by atoms with Crippen LogP contribution in [0.25, 0.3) is 0 Å². The Morgan fingerprint density at radius 2 is 2.25 bits per heavy atom. The third-order valence-corrected chi connectivity index (χ3v) is 3.99. The van der Waals surface area contributed by atoms with E-state index in [1.807, 2.05) is 11.8 Å². The molecule has 0 aromatic carbocycles. The summed E-state index contributed by atoms with van der Waals surface area (Å²) in [6.45, 7) is 4.40. The Bertz CT molecular complexity index is 334. The Kier molecular flexibility index (Phi) is 3.86. The van der Waals surface area contributed by atoms with Gasteiger partial charge >= 0.3 is 0 Å². The SMILES string of the molecule is CC(C)CSCc1noc(C2CC(O)C2)n1. The summed E-state index contributed by atoms with van der Waals surface area (Å²) < 4.78 is 5.19. The zero-order valence-corrected chi connectivity index (χ0v) is 10.5. The minimum atomic E-state index is -0.171. The molecule has 16 heavy (non-hydrogen) atoms. The van der Waals surface area contributed by atoms with Crippen LogP contribution in [0.15, 0.2) is 4.52 Å². The maximum absolute atomic E-state index is 9.19. The van der Waals surface area contributed by atoms with E-state index < -0.39 is 0 Å². The van der Waals surface area contributed by atoms with Gasteiger partial charge in [-0.05, 0) is 24.5 Å². The predicted molar refractivity (Wildman–Crippen MR) is 63.3 cm³/mol. The summed E-state index contributed by atoms with van der Waals surface area (Å²) in [5.74, 6) is 4.39. The van der Waals surface area contributed by atoms with Crippen molar-refractivity contribution in [3.63, 3.8) is 0 Å². The maximum Gasteiger partial charge on any atom is 0.229 e. The number of aliphatic hydroxyl groups excluding tert-OH is 1. The second kappa shape index (κ2) is 5.19. The van der Waals surface area contributed by atoms with Gasteiger partial charge in [0.15, 0.2) is 5.82 Å². The molecule has 1 N–H and O–H groups in total. The zero-order valence-electron chi connectivity index (χ0n) is 9.72. The van der Waals surface area contributed by atoms with E-state index in [0.717, 1.165) is 30.2 Å². The molecule has 0 spiro atoms. The van der Waals surface area contributed by atoms with Crippen LogP contribution in [0.5, 0.6) is 0 Å². The van der Waals surface area contributed by atoms with Gasteiger partial charge in [0.25, 0.3) is 0 Å². The molecule has 0 unspecified atom stereocenters. The van der Waals surface area contributed by atoms with E-state index in [1.54, 1.807) is 0 Å². The van der Waals surface area contributed by atoms with Crippen molar-refractivity contribution in [1.82, 2.24) is 10.1 Å². The third-order valence-electron chi connectivity index (χ3n) is 2.63. The standard InChI is InChI=1S/C11H18N2O2S/c1-7(2)5-16-6-10-12-11(15-13-10)8-3-9(14)4-8/h7-9,14H,3-6H2,1-2H3. The van der Waals surface area contributed by atoms with E-state index in [-0.39, 0.29) is 12.0 Å². The number of rotatable bonds is 5. The number of aromatic nitrogens is 2. The maximum atomic E-state index is 9.19. The highest BCUT2D eigenvalue weighted by atomic mass is 32.2. The minimum Gasteiger partial charge on any atom is -0.393 e. The summed E-state index contributed by atoms with van der Waals surface area (Å²) in [4.78, 5) is 4.35. The van der Waals surface area contributed by atoms with Crippen LogP contribution < -0.4 is 0 Å². The Balaban J connectivity index is 1.78. The Labute approximate surface area is 99.8 Å². The van der Waals surface area contributed by atoms with Gasteiger partial charge in [0.2, 0.25) is 5.89 Å². The second-order valence-corrected chi connectivity index (χ2v) is 5.81. The monoisotopic (exact) mass is 242 g/mol. The Morgan fingerprint density at radius 3 is 2.88 bits per heavy atom. The van der Waals surface area contributed by atoms with Crippen LogP contribution >= 0.6 is 11.8 Å². The molecule has 0 bridgehead atoms. The molecule has 1 aromatic heterocycles. The molecule has 1 aliphatic carbocycles. The molecule has 1 heterocycles. The Morgan fingerprint density at radius 1 is 1.50 bits per heavy atom. The number of hydrogen-bond donors (Lipinski definition) is 1.